The molecule has 1 amide bonds. The summed E-state index contributed by atoms with van der Waals surface area (Å²) in [6.45, 7) is 0.401. The van der Waals surface area contributed by atoms with Crippen LogP contribution in [-0.2, 0) is 0 Å². The Morgan fingerprint density at radius 3 is 2.58 bits per heavy atom. The van der Waals surface area contributed by atoms with E-state index < -0.39 is 6.61 Å². The van der Waals surface area contributed by atoms with Crippen LogP contribution in [0.1, 0.15) is 42.5 Å². The van der Waals surface area contributed by atoms with Crippen LogP contribution in [0.15, 0.2) is 42.6 Å². The van der Waals surface area contributed by atoms with Crippen molar-refractivity contribution in [3.05, 3.63) is 48.2 Å². The van der Waals surface area contributed by atoms with Crippen LogP contribution in [0.25, 0.3) is 0 Å². The van der Waals surface area contributed by atoms with Crippen molar-refractivity contribution in [3.8, 4) is 5.75 Å². The molecule has 2 fully saturated rings. The van der Waals surface area contributed by atoms with Crippen LogP contribution in [0, 0.1) is 0 Å². The quantitative estimate of drug-likeness (QED) is 0.737. The monoisotopic (exact) mass is 430 g/mol. The zero-order chi connectivity index (χ0) is 21.6. The number of halogens is 2. The fourth-order valence-electron chi connectivity index (χ4n) is 4.32. The number of aromatic nitrogens is 1. The molecule has 1 aromatic heterocycles. The lowest BCUT2D eigenvalue weighted by Crippen LogP contribution is -2.43. The number of hydrogen-bond acceptors (Lipinski definition) is 5. The number of amides is 1. The van der Waals surface area contributed by atoms with E-state index in [1.54, 1.807) is 36.5 Å². The normalized spacial score (nSPS) is 19.4. The first-order chi connectivity index (χ1) is 15.1. The van der Waals surface area contributed by atoms with Gasteiger partial charge in [-0.05, 0) is 68.5 Å². The lowest BCUT2D eigenvalue weighted by molar-refractivity contribution is -0.0498. The fourth-order valence-corrected chi connectivity index (χ4v) is 4.32. The molecule has 0 aliphatic carbocycles. The van der Waals surface area contributed by atoms with E-state index in [1.165, 1.54) is 6.42 Å². The van der Waals surface area contributed by atoms with Gasteiger partial charge in [0.25, 0.3) is 5.91 Å². The Kier molecular flexibility index (Phi) is 6.84. The molecule has 0 radical (unpaired) electrons. The third kappa shape index (κ3) is 5.42. The number of likely N-dealkylation sites (tertiary alicyclic amines) is 1. The van der Waals surface area contributed by atoms with E-state index in [1.807, 2.05) is 11.0 Å². The molecule has 1 atom stereocenters. The number of ether oxygens (including phenoxy) is 1. The molecule has 1 unspecified atom stereocenters. The van der Waals surface area contributed by atoms with Gasteiger partial charge in [0.05, 0.1) is 5.56 Å². The number of piperidine rings is 2. The molecule has 31 heavy (non-hydrogen) atoms. The first-order valence-corrected chi connectivity index (χ1v) is 10.9. The smallest absolute Gasteiger partial charge is 0.387 e. The van der Waals surface area contributed by atoms with Crippen molar-refractivity contribution in [2.24, 2.45) is 0 Å². The van der Waals surface area contributed by atoms with E-state index in [9.17, 15) is 13.6 Å². The summed E-state index contributed by atoms with van der Waals surface area (Å²) >= 11 is 0. The lowest BCUT2D eigenvalue weighted by Gasteiger charge is -2.35. The van der Waals surface area contributed by atoms with Gasteiger partial charge in [-0.3, -0.25) is 4.79 Å². The first-order valence-electron chi connectivity index (χ1n) is 10.9. The van der Waals surface area contributed by atoms with Crippen molar-refractivity contribution in [3.63, 3.8) is 0 Å². The predicted molar refractivity (Wildman–Crippen MR) is 116 cm³/mol. The molecule has 2 aromatic rings. The number of anilines is 2. The SMILES string of the molecule is O=C(c1cccnc1NC1CCCN(c2ccc(OC(F)F)cc2)C1)N1CCCCC1. The van der Waals surface area contributed by atoms with Crippen molar-refractivity contribution >= 4 is 17.4 Å². The van der Waals surface area contributed by atoms with Crippen LogP contribution in [0.5, 0.6) is 5.75 Å². The van der Waals surface area contributed by atoms with Crippen LogP contribution >= 0.6 is 0 Å². The average molecular weight is 430 g/mol. The Balaban J connectivity index is 1.42. The molecule has 0 bridgehead atoms. The number of hydrogen-bond donors (Lipinski definition) is 1. The van der Waals surface area contributed by atoms with Crippen LogP contribution in [-0.4, -0.2) is 54.6 Å². The molecular formula is C23H28F2N4O2. The third-order valence-corrected chi connectivity index (χ3v) is 5.87. The molecule has 2 aliphatic heterocycles. The molecular weight excluding hydrogens is 402 g/mol. The maximum atomic E-state index is 13.0. The molecule has 2 aliphatic rings. The Morgan fingerprint density at radius 1 is 1.06 bits per heavy atom. The number of rotatable bonds is 6. The third-order valence-electron chi connectivity index (χ3n) is 5.87. The van der Waals surface area contributed by atoms with Crippen LogP contribution in [0.2, 0.25) is 0 Å². The van der Waals surface area contributed by atoms with Gasteiger partial charge in [0.15, 0.2) is 0 Å². The molecule has 1 N–H and O–H groups in total. The van der Waals surface area contributed by atoms with Gasteiger partial charge in [-0.15, -0.1) is 0 Å². The number of nitrogens with zero attached hydrogens (tertiary/aromatic N) is 3. The first kappa shape index (κ1) is 21.3. The Hall–Kier alpha value is -2.90. The zero-order valence-corrected chi connectivity index (χ0v) is 17.5. The van der Waals surface area contributed by atoms with Crippen LogP contribution in [0.3, 0.4) is 0 Å². The Morgan fingerprint density at radius 2 is 1.84 bits per heavy atom. The largest absolute Gasteiger partial charge is 0.435 e. The highest BCUT2D eigenvalue weighted by molar-refractivity contribution is 5.98. The molecule has 2 saturated heterocycles. The average Bonchev–Trinajstić information content (AvgIpc) is 2.80. The number of carbonyl (C=O) groups excluding carboxylic acids is 1. The van der Waals surface area contributed by atoms with Gasteiger partial charge in [0, 0.05) is 44.1 Å². The van der Waals surface area contributed by atoms with Crippen molar-refractivity contribution in [1.29, 1.82) is 0 Å². The van der Waals surface area contributed by atoms with E-state index in [-0.39, 0.29) is 17.7 Å². The number of nitrogens with one attached hydrogen (secondary N) is 1. The number of pyridine rings is 1. The second kappa shape index (κ2) is 9.94. The maximum absolute atomic E-state index is 13.0. The molecule has 166 valence electrons. The summed E-state index contributed by atoms with van der Waals surface area (Å²) in [5.74, 6) is 0.822. The highest BCUT2D eigenvalue weighted by Crippen LogP contribution is 2.26. The van der Waals surface area contributed by atoms with E-state index >= 15 is 0 Å². The Bertz CT molecular complexity index is 872. The molecule has 0 spiro atoms. The van der Waals surface area contributed by atoms with E-state index in [0.29, 0.717) is 11.4 Å². The van der Waals surface area contributed by atoms with E-state index in [4.69, 9.17) is 0 Å². The second-order valence-corrected chi connectivity index (χ2v) is 8.05. The predicted octanol–water partition coefficient (Wildman–Crippen LogP) is 4.39. The number of carbonyl (C=O) groups is 1. The standard InChI is InChI=1S/C23H28F2N4O2/c24-23(25)31-19-10-8-18(9-11-19)29-15-5-6-17(16-29)27-21-20(7-4-12-26-21)22(30)28-13-2-1-3-14-28/h4,7-12,17,23H,1-3,5-6,13-16H2,(H,26,27). The molecule has 3 heterocycles. The van der Waals surface area contributed by atoms with Gasteiger partial charge in [-0.25, -0.2) is 4.98 Å². The van der Waals surface area contributed by atoms with Crippen LogP contribution in [0.4, 0.5) is 20.3 Å². The van der Waals surface area contributed by atoms with Gasteiger partial charge in [0.2, 0.25) is 0 Å². The molecule has 1 aromatic carbocycles. The van der Waals surface area contributed by atoms with E-state index in [0.717, 1.165) is 57.5 Å². The number of benzene rings is 1. The highest BCUT2D eigenvalue weighted by atomic mass is 19.3. The van der Waals surface area contributed by atoms with Crippen molar-refractivity contribution in [1.82, 2.24) is 9.88 Å². The minimum Gasteiger partial charge on any atom is -0.435 e. The minimum absolute atomic E-state index is 0.0394. The highest BCUT2D eigenvalue weighted by Gasteiger charge is 2.25. The van der Waals surface area contributed by atoms with Crippen molar-refractivity contribution in [2.75, 3.05) is 36.4 Å². The summed E-state index contributed by atoms with van der Waals surface area (Å²) in [5.41, 5.74) is 1.58. The molecule has 0 saturated carbocycles. The van der Waals surface area contributed by atoms with Gasteiger partial charge in [-0.2, -0.15) is 8.78 Å². The minimum atomic E-state index is -2.82. The summed E-state index contributed by atoms with van der Waals surface area (Å²) in [6, 6.07) is 10.5. The second-order valence-electron chi connectivity index (χ2n) is 8.05. The summed E-state index contributed by atoms with van der Waals surface area (Å²) in [7, 11) is 0. The topological polar surface area (TPSA) is 57.7 Å². The summed E-state index contributed by atoms with van der Waals surface area (Å²) in [5, 5.41) is 3.48. The lowest BCUT2D eigenvalue weighted by atomic mass is 10.0. The fraction of sp³-hybridized carbons (Fsp3) is 0.478. The van der Waals surface area contributed by atoms with Gasteiger partial charge in [0.1, 0.15) is 11.6 Å². The summed E-state index contributed by atoms with van der Waals surface area (Å²) in [6.07, 6.45) is 6.93. The van der Waals surface area contributed by atoms with Crippen molar-refractivity contribution in [2.45, 2.75) is 44.8 Å². The van der Waals surface area contributed by atoms with Gasteiger partial charge >= 0.3 is 6.61 Å². The molecule has 4 rings (SSSR count). The number of alkyl halides is 2. The van der Waals surface area contributed by atoms with Crippen molar-refractivity contribution < 1.29 is 18.3 Å². The van der Waals surface area contributed by atoms with Gasteiger partial charge < -0.3 is 19.9 Å². The van der Waals surface area contributed by atoms with Gasteiger partial charge in [-0.1, -0.05) is 0 Å². The summed E-state index contributed by atoms with van der Waals surface area (Å²) < 4.78 is 29.2. The molecule has 6 nitrogen and oxygen atoms in total. The zero-order valence-electron chi connectivity index (χ0n) is 17.5. The summed E-state index contributed by atoms with van der Waals surface area (Å²) in [4.78, 5) is 21.6. The van der Waals surface area contributed by atoms with E-state index in [2.05, 4.69) is 19.9 Å². The van der Waals surface area contributed by atoms with Crippen LogP contribution < -0.4 is 15.0 Å². The molecule has 8 heteroatoms. The maximum Gasteiger partial charge on any atom is 0.387 e. The Labute approximate surface area is 181 Å².